The van der Waals surface area contributed by atoms with E-state index in [9.17, 15) is 14.4 Å². The van der Waals surface area contributed by atoms with E-state index in [0.29, 0.717) is 26.1 Å². The van der Waals surface area contributed by atoms with Gasteiger partial charge in [-0.15, -0.1) is 0 Å². The molecule has 2 fully saturated rings. The van der Waals surface area contributed by atoms with Crippen molar-refractivity contribution in [1.29, 1.82) is 0 Å². The molecule has 106 valence electrons. The van der Waals surface area contributed by atoms with Gasteiger partial charge in [-0.2, -0.15) is 0 Å². The lowest BCUT2D eigenvalue weighted by atomic mass is 9.98. The van der Waals surface area contributed by atoms with Crippen LogP contribution in [0.15, 0.2) is 0 Å². The third-order valence-corrected chi connectivity index (χ3v) is 3.83. The summed E-state index contributed by atoms with van der Waals surface area (Å²) < 4.78 is 0. The Bertz CT molecular complexity index is 402. The first-order valence-electron chi connectivity index (χ1n) is 6.74. The predicted octanol–water partition coefficient (Wildman–Crippen LogP) is -0.410. The molecule has 3 amide bonds. The van der Waals surface area contributed by atoms with E-state index in [2.05, 4.69) is 5.32 Å². The number of likely N-dealkylation sites (tertiary alicyclic amines) is 2. The first-order chi connectivity index (χ1) is 8.88. The van der Waals surface area contributed by atoms with Gasteiger partial charge >= 0.3 is 0 Å². The fourth-order valence-corrected chi connectivity index (χ4v) is 2.55. The zero-order valence-corrected chi connectivity index (χ0v) is 11.7. The van der Waals surface area contributed by atoms with Crippen molar-refractivity contribution in [3.63, 3.8) is 0 Å². The van der Waals surface area contributed by atoms with E-state index in [4.69, 9.17) is 0 Å². The van der Waals surface area contributed by atoms with Gasteiger partial charge in [0.2, 0.25) is 17.7 Å². The molecule has 0 aliphatic carbocycles. The highest BCUT2D eigenvalue weighted by molar-refractivity contribution is 5.85. The van der Waals surface area contributed by atoms with Crippen molar-refractivity contribution >= 4 is 17.7 Å². The molecule has 2 heterocycles. The van der Waals surface area contributed by atoms with E-state index in [1.54, 1.807) is 9.80 Å². The van der Waals surface area contributed by atoms with Gasteiger partial charge in [-0.1, -0.05) is 0 Å². The van der Waals surface area contributed by atoms with Crippen LogP contribution in [0.2, 0.25) is 0 Å². The standard InChI is InChI=1S/C13H21N3O3/c1-8(2)16-7-11(4-12(16)18)14-13(19)10-5-15(6-10)9(3)17/h8,10-11H,4-7H2,1-3H3,(H,14,19). The molecule has 0 spiro atoms. The largest absolute Gasteiger partial charge is 0.351 e. The Morgan fingerprint density at radius 3 is 2.37 bits per heavy atom. The summed E-state index contributed by atoms with van der Waals surface area (Å²) in [6.07, 6.45) is 0.382. The van der Waals surface area contributed by atoms with E-state index in [0.717, 1.165) is 0 Å². The van der Waals surface area contributed by atoms with Crippen LogP contribution in [0.3, 0.4) is 0 Å². The molecule has 0 aromatic rings. The number of amides is 3. The van der Waals surface area contributed by atoms with Crippen molar-refractivity contribution in [2.45, 2.75) is 39.3 Å². The molecule has 2 aliphatic rings. The number of carbonyl (C=O) groups is 3. The number of nitrogens with one attached hydrogen (secondary N) is 1. The molecule has 6 heteroatoms. The molecule has 2 aliphatic heterocycles. The summed E-state index contributed by atoms with van der Waals surface area (Å²) in [5, 5.41) is 2.92. The van der Waals surface area contributed by atoms with Crippen LogP contribution in [0.1, 0.15) is 27.2 Å². The molecule has 1 unspecified atom stereocenters. The van der Waals surface area contributed by atoms with Crippen molar-refractivity contribution in [1.82, 2.24) is 15.1 Å². The second kappa shape index (κ2) is 5.19. The lowest BCUT2D eigenvalue weighted by molar-refractivity contribution is -0.141. The van der Waals surface area contributed by atoms with Crippen molar-refractivity contribution in [3.8, 4) is 0 Å². The van der Waals surface area contributed by atoms with E-state index in [1.807, 2.05) is 13.8 Å². The fourth-order valence-electron chi connectivity index (χ4n) is 2.55. The molecule has 1 N–H and O–H groups in total. The third kappa shape index (κ3) is 2.88. The highest BCUT2D eigenvalue weighted by Crippen LogP contribution is 2.18. The monoisotopic (exact) mass is 267 g/mol. The van der Waals surface area contributed by atoms with Crippen LogP contribution >= 0.6 is 0 Å². The van der Waals surface area contributed by atoms with Gasteiger partial charge in [-0.3, -0.25) is 14.4 Å². The first-order valence-corrected chi connectivity index (χ1v) is 6.74. The van der Waals surface area contributed by atoms with E-state index in [1.165, 1.54) is 6.92 Å². The average Bonchev–Trinajstić information content (AvgIpc) is 2.56. The van der Waals surface area contributed by atoms with Gasteiger partial charge in [-0.25, -0.2) is 0 Å². The number of carbonyl (C=O) groups excluding carboxylic acids is 3. The highest BCUT2D eigenvalue weighted by atomic mass is 16.2. The molecule has 0 saturated carbocycles. The zero-order valence-electron chi connectivity index (χ0n) is 11.7. The number of hydrogen-bond donors (Lipinski definition) is 1. The van der Waals surface area contributed by atoms with Gasteiger partial charge in [0, 0.05) is 39.0 Å². The summed E-state index contributed by atoms with van der Waals surface area (Å²) >= 11 is 0. The smallest absolute Gasteiger partial charge is 0.226 e. The van der Waals surface area contributed by atoms with Crippen LogP contribution in [0.4, 0.5) is 0 Å². The third-order valence-electron chi connectivity index (χ3n) is 3.83. The highest BCUT2D eigenvalue weighted by Gasteiger charge is 2.37. The molecular weight excluding hydrogens is 246 g/mol. The molecule has 6 nitrogen and oxygen atoms in total. The normalized spacial score (nSPS) is 23.8. The molecule has 0 radical (unpaired) electrons. The van der Waals surface area contributed by atoms with Gasteiger partial charge < -0.3 is 15.1 Å². The Kier molecular flexibility index (Phi) is 3.78. The quantitative estimate of drug-likeness (QED) is 0.756. The number of rotatable bonds is 3. The summed E-state index contributed by atoms with van der Waals surface area (Å²) in [7, 11) is 0. The molecule has 0 bridgehead atoms. The Labute approximate surface area is 113 Å². The Morgan fingerprint density at radius 1 is 1.26 bits per heavy atom. The number of hydrogen-bond acceptors (Lipinski definition) is 3. The zero-order chi connectivity index (χ0) is 14.2. The maximum absolute atomic E-state index is 12.0. The maximum atomic E-state index is 12.0. The molecule has 0 aromatic carbocycles. The van der Waals surface area contributed by atoms with Gasteiger partial charge in [-0.05, 0) is 13.8 Å². The minimum Gasteiger partial charge on any atom is -0.351 e. The van der Waals surface area contributed by atoms with Crippen LogP contribution in [-0.2, 0) is 14.4 Å². The van der Waals surface area contributed by atoms with Gasteiger partial charge in [0.05, 0.1) is 12.0 Å². The fraction of sp³-hybridized carbons (Fsp3) is 0.769. The Balaban J connectivity index is 1.79. The lowest BCUT2D eigenvalue weighted by Crippen LogP contribution is -2.56. The molecule has 0 aromatic heterocycles. The summed E-state index contributed by atoms with van der Waals surface area (Å²) in [5.74, 6) is -0.0571. The van der Waals surface area contributed by atoms with Crippen LogP contribution in [-0.4, -0.2) is 59.2 Å². The topological polar surface area (TPSA) is 69.7 Å². The average molecular weight is 267 g/mol. The van der Waals surface area contributed by atoms with E-state index < -0.39 is 0 Å². The molecule has 1 atom stereocenters. The molecule has 2 rings (SSSR count). The minimum absolute atomic E-state index is 0.00563. The van der Waals surface area contributed by atoms with Gasteiger partial charge in [0.15, 0.2) is 0 Å². The van der Waals surface area contributed by atoms with Crippen LogP contribution < -0.4 is 5.32 Å². The summed E-state index contributed by atoms with van der Waals surface area (Å²) in [5.41, 5.74) is 0. The summed E-state index contributed by atoms with van der Waals surface area (Å²) in [4.78, 5) is 38.1. The lowest BCUT2D eigenvalue weighted by Gasteiger charge is -2.37. The van der Waals surface area contributed by atoms with Gasteiger partial charge in [0.1, 0.15) is 0 Å². The second-order valence-electron chi connectivity index (χ2n) is 5.67. The predicted molar refractivity (Wildman–Crippen MR) is 69.1 cm³/mol. The van der Waals surface area contributed by atoms with E-state index >= 15 is 0 Å². The molecule has 19 heavy (non-hydrogen) atoms. The van der Waals surface area contributed by atoms with Crippen molar-refractivity contribution in [2.75, 3.05) is 19.6 Å². The van der Waals surface area contributed by atoms with Crippen molar-refractivity contribution in [2.24, 2.45) is 5.92 Å². The van der Waals surface area contributed by atoms with Crippen LogP contribution in [0, 0.1) is 5.92 Å². The molecular formula is C13H21N3O3. The van der Waals surface area contributed by atoms with Crippen molar-refractivity contribution in [3.05, 3.63) is 0 Å². The Hall–Kier alpha value is -1.59. The first kappa shape index (κ1) is 13.8. The number of nitrogens with zero attached hydrogens (tertiary/aromatic N) is 2. The van der Waals surface area contributed by atoms with Gasteiger partial charge in [0.25, 0.3) is 0 Å². The summed E-state index contributed by atoms with van der Waals surface area (Å²) in [6, 6.07) is 0.0834. The maximum Gasteiger partial charge on any atom is 0.226 e. The molecule has 2 saturated heterocycles. The SMILES string of the molecule is CC(=O)N1CC(C(=O)NC2CC(=O)N(C(C)C)C2)C1. The van der Waals surface area contributed by atoms with Crippen LogP contribution in [0.5, 0.6) is 0 Å². The van der Waals surface area contributed by atoms with Crippen LogP contribution in [0.25, 0.3) is 0 Å². The van der Waals surface area contributed by atoms with E-state index in [-0.39, 0.29) is 35.7 Å². The minimum atomic E-state index is -0.118. The summed E-state index contributed by atoms with van der Waals surface area (Å²) in [6.45, 7) is 7.03. The second-order valence-corrected chi connectivity index (χ2v) is 5.67. The van der Waals surface area contributed by atoms with Crippen molar-refractivity contribution < 1.29 is 14.4 Å². The Morgan fingerprint density at radius 2 is 1.89 bits per heavy atom.